The van der Waals surface area contributed by atoms with Crippen LogP contribution in [0.4, 0.5) is 4.79 Å². The van der Waals surface area contributed by atoms with E-state index >= 15 is 0 Å². The molecule has 96 valence electrons. The number of hydrogen-bond donors (Lipinski definition) is 2. The highest BCUT2D eigenvalue weighted by Crippen LogP contribution is 2.06. The topological polar surface area (TPSA) is 78.9 Å². The largest absolute Gasteiger partial charge is 0.480 e. The second-order valence-corrected chi connectivity index (χ2v) is 3.93. The maximum absolute atomic E-state index is 11.8. The zero-order chi connectivity index (χ0) is 12.7. The monoisotopic (exact) mass is 242 g/mol. The van der Waals surface area contributed by atoms with E-state index in [-0.39, 0.29) is 25.2 Å². The number of hydrogen-bond acceptors (Lipinski definition) is 3. The highest BCUT2D eigenvalue weighted by Gasteiger charge is 2.20. The molecule has 0 spiro atoms. The third-order valence-corrected chi connectivity index (χ3v) is 2.45. The van der Waals surface area contributed by atoms with Gasteiger partial charge in [-0.25, -0.2) is 4.79 Å². The Balaban J connectivity index is 2.45. The second-order valence-electron chi connectivity index (χ2n) is 3.93. The molecule has 1 atom stereocenters. The van der Waals surface area contributed by atoms with Crippen molar-refractivity contribution in [3.8, 4) is 0 Å². The molecule has 6 heteroatoms. The van der Waals surface area contributed by atoms with E-state index in [2.05, 4.69) is 11.9 Å². The second kappa shape index (κ2) is 6.90. The third-order valence-electron chi connectivity index (χ3n) is 2.45. The summed E-state index contributed by atoms with van der Waals surface area (Å²) in [6.45, 7) is 4.59. The molecule has 6 nitrogen and oxygen atoms in total. The Hall–Kier alpha value is -1.56. The fourth-order valence-electron chi connectivity index (χ4n) is 1.66. The third kappa shape index (κ3) is 4.86. The number of amides is 2. The van der Waals surface area contributed by atoms with Crippen molar-refractivity contribution in [3.05, 3.63) is 12.7 Å². The average Bonchev–Trinajstić information content (AvgIpc) is 2.29. The van der Waals surface area contributed by atoms with Gasteiger partial charge in [-0.3, -0.25) is 4.79 Å². The molecule has 1 rings (SSSR count). The fraction of sp³-hybridized carbons (Fsp3) is 0.636. The van der Waals surface area contributed by atoms with Gasteiger partial charge in [-0.2, -0.15) is 0 Å². The van der Waals surface area contributed by atoms with E-state index in [1.165, 1.54) is 11.0 Å². The van der Waals surface area contributed by atoms with Gasteiger partial charge in [-0.05, 0) is 12.8 Å². The molecular weight excluding hydrogens is 224 g/mol. The first-order chi connectivity index (χ1) is 8.13. The van der Waals surface area contributed by atoms with Gasteiger partial charge in [0.2, 0.25) is 0 Å². The Kier molecular flexibility index (Phi) is 5.48. The molecule has 1 fully saturated rings. The minimum absolute atomic E-state index is 0.0302. The van der Waals surface area contributed by atoms with E-state index in [9.17, 15) is 9.59 Å². The molecule has 1 aliphatic rings. The number of carboxylic acid groups (broad SMARTS) is 1. The quantitative estimate of drug-likeness (QED) is 0.686. The molecular formula is C11H18N2O4. The lowest BCUT2D eigenvalue weighted by atomic mass is 10.1. The molecule has 1 heterocycles. The number of carbonyl (C=O) groups is 2. The molecule has 0 saturated carbocycles. The van der Waals surface area contributed by atoms with Crippen LogP contribution >= 0.6 is 0 Å². The van der Waals surface area contributed by atoms with Crippen molar-refractivity contribution >= 4 is 12.0 Å². The van der Waals surface area contributed by atoms with Gasteiger partial charge in [0, 0.05) is 13.2 Å². The van der Waals surface area contributed by atoms with Crippen molar-refractivity contribution in [2.45, 2.75) is 18.9 Å². The van der Waals surface area contributed by atoms with Crippen LogP contribution in [-0.2, 0) is 9.53 Å². The zero-order valence-electron chi connectivity index (χ0n) is 9.72. The Morgan fingerprint density at radius 2 is 2.35 bits per heavy atom. The molecule has 0 aromatic rings. The summed E-state index contributed by atoms with van der Waals surface area (Å²) < 4.78 is 5.23. The van der Waals surface area contributed by atoms with Crippen LogP contribution in [0.25, 0.3) is 0 Å². The van der Waals surface area contributed by atoms with Crippen molar-refractivity contribution in [1.82, 2.24) is 10.2 Å². The van der Waals surface area contributed by atoms with Gasteiger partial charge in [-0.15, -0.1) is 6.58 Å². The summed E-state index contributed by atoms with van der Waals surface area (Å²) in [6.07, 6.45) is 3.27. The van der Waals surface area contributed by atoms with Crippen LogP contribution in [0.15, 0.2) is 12.7 Å². The van der Waals surface area contributed by atoms with Crippen molar-refractivity contribution in [2.75, 3.05) is 26.3 Å². The van der Waals surface area contributed by atoms with Gasteiger partial charge < -0.3 is 20.1 Å². The Labute approximate surface area is 100 Å². The summed E-state index contributed by atoms with van der Waals surface area (Å²) >= 11 is 0. The predicted molar refractivity (Wildman–Crippen MR) is 61.8 cm³/mol. The lowest BCUT2D eigenvalue weighted by molar-refractivity contribution is -0.137. The lowest BCUT2D eigenvalue weighted by Gasteiger charge is -2.27. The van der Waals surface area contributed by atoms with Crippen molar-refractivity contribution in [3.63, 3.8) is 0 Å². The van der Waals surface area contributed by atoms with Crippen molar-refractivity contribution in [1.29, 1.82) is 0 Å². The van der Waals surface area contributed by atoms with Gasteiger partial charge in [0.05, 0.1) is 12.6 Å². The summed E-state index contributed by atoms with van der Waals surface area (Å²) in [5.74, 6) is -1.04. The maximum atomic E-state index is 11.8. The summed E-state index contributed by atoms with van der Waals surface area (Å²) in [5, 5.41) is 11.4. The van der Waals surface area contributed by atoms with Crippen LogP contribution in [0.5, 0.6) is 0 Å². The first-order valence-electron chi connectivity index (χ1n) is 5.59. The number of ether oxygens (including phenoxy) is 1. The number of carbonyl (C=O) groups excluding carboxylic acids is 1. The summed E-state index contributed by atoms with van der Waals surface area (Å²) in [5.41, 5.74) is 0. The maximum Gasteiger partial charge on any atom is 0.323 e. The summed E-state index contributed by atoms with van der Waals surface area (Å²) in [6, 6.07) is -0.417. The Bertz CT molecular complexity index is 287. The molecule has 2 N–H and O–H groups in total. The molecule has 17 heavy (non-hydrogen) atoms. The van der Waals surface area contributed by atoms with Gasteiger partial charge >= 0.3 is 12.0 Å². The molecule has 1 unspecified atom stereocenters. The minimum atomic E-state index is -1.04. The average molecular weight is 242 g/mol. The number of nitrogens with zero attached hydrogens (tertiary/aromatic N) is 1. The van der Waals surface area contributed by atoms with Crippen molar-refractivity contribution < 1.29 is 19.4 Å². The predicted octanol–water partition coefficient (Wildman–Crippen LogP) is 0.448. The van der Waals surface area contributed by atoms with Gasteiger partial charge in [0.1, 0.15) is 6.54 Å². The fourth-order valence-corrected chi connectivity index (χ4v) is 1.66. The number of nitrogens with one attached hydrogen (secondary N) is 1. The van der Waals surface area contributed by atoms with E-state index in [0.29, 0.717) is 6.61 Å². The molecule has 0 bridgehead atoms. The van der Waals surface area contributed by atoms with E-state index in [4.69, 9.17) is 9.84 Å². The van der Waals surface area contributed by atoms with Gasteiger partial charge in [-0.1, -0.05) is 6.08 Å². The summed E-state index contributed by atoms with van der Waals surface area (Å²) in [7, 11) is 0. The zero-order valence-corrected chi connectivity index (χ0v) is 9.72. The van der Waals surface area contributed by atoms with Crippen LogP contribution in [0.2, 0.25) is 0 Å². The van der Waals surface area contributed by atoms with Gasteiger partial charge in [0.25, 0.3) is 0 Å². The molecule has 0 aromatic carbocycles. The number of aliphatic carboxylic acids is 1. The first-order valence-corrected chi connectivity index (χ1v) is 5.59. The van der Waals surface area contributed by atoms with Crippen LogP contribution in [0, 0.1) is 0 Å². The molecule has 2 amide bonds. The molecule has 0 aliphatic carbocycles. The molecule has 1 saturated heterocycles. The molecule has 0 aromatic heterocycles. The molecule has 1 aliphatic heterocycles. The van der Waals surface area contributed by atoms with Crippen LogP contribution in [0.1, 0.15) is 12.8 Å². The standard InChI is InChI=1S/C11H18N2O4/c1-2-5-13(7-10(14)15)11(16)12-9-4-3-6-17-8-9/h2,9H,1,3-8H2,(H,12,16)(H,14,15). The number of carboxylic acids is 1. The molecule has 0 radical (unpaired) electrons. The van der Waals surface area contributed by atoms with Crippen LogP contribution < -0.4 is 5.32 Å². The van der Waals surface area contributed by atoms with E-state index in [1.54, 1.807) is 0 Å². The lowest BCUT2D eigenvalue weighted by Crippen LogP contribution is -2.49. The van der Waals surface area contributed by atoms with E-state index in [0.717, 1.165) is 19.4 Å². The van der Waals surface area contributed by atoms with Crippen LogP contribution in [0.3, 0.4) is 0 Å². The number of rotatable bonds is 5. The smallest absolute Gasteiger partial charge is 0.323 e. The van der Waals surface area contributed by atoms with Gasteiger partial charge in [0.15, 0.2) is 0 Å². The Morgan fingerprint density at radius 3 is 2.88 bits per heavy atom. The SMILES string of the molecule is C=CCN(CC(=O)O)C(=O)NC1CCCOC1. The summed E-state index contributed by atoms with van der Waals surface area (Å²) in [4.78, 5) is 23.6. The van der Waals surface area contributed by atoms with E-state index < -0.39 is 5.97 Å². The number of urea groups is 1. The van der Waals surface area contributed by atoms with Crippen LogP contribution in [-0.4, -0.2) is 54.4 Å². The minimum Gasteiger partial charge on any atom is -0.480 e. The normalized spacial score (nSPS) is 19.4. The Morgan fingerprint density at radius 1 is 1.59 bits per heavy atom. The van der Waals surface area contributed by atoms with Crippen molar-refractivity contribution in [2.24, 2.45) is 0 Å². The first kappa shape index (κ1) is 13.5. The highest BCUT2D eigenvalue weighted by atomic mass is 16.5. The van der Waals surface area contributed by atoms with E-state index in [1.807, 2.05) is 0 Å². The highest BCUT2D eigenvalue weighted by molar-refractivity contribution is 5.80.